The molecule has 0 saturated carbocycles. The Labute approximate surface area is 170 Å². The lowest BCUT2D eigenvalue weighted by Gasteiger charge is -2.13. The molecule has 0 aliphatic heterocycles. The lowest BCUT2D eigenvalue weighted by atomic mass is 10.2. The van der Waals surface area contributed by atoms with E-state index in [-0.39, 0.29) is 11.7 Å². The lowest BCUT2D eigenvalue weighted by Crippen LogP contribution is -2.17. The Hall–Kier alpha value is -3.13. The zero-order valence-electron chi connectivity index (χ0n) is 16.6. The second-order valence-electron chi connectivity index (χ2n) is 6.81. The van der Waals surface area contributed by atoms with Crippen molar-refractivity contribution < 1.29 is 13.2 Å². The molecular weight excluding hydrogens is 388 g/mol. The summed E-state index contributed by atoms with van der Waals surface area (Å²) >= 11 is 0. The number of rotatable bonds is 7. The Morgan fingerprint density at radius 2 is 1.83 bits per heavy atom. The molecule has 3 aromatic rings. The van der Waals surface area contributed by atoms with E-state index in [1.165, 1.54) is 6.07 Å². The molecule has 0 saturated heterocycles. The van der Waals surface area contributed by atoms with Gasteiger partial charge in [-0.3, -0.25) is 9.52 Å². The van der Waals surface area contributed by atoms with Crippen LogP contribution in [-0.2, 0) is 10.0 Å². The maximum Gasteiger partial charge on any atom is 0.255 e. The van der Waals surface area contributed by atoms with Gasteiger partial charge in [0.1, 0.15) is 0 Å². The predicted molar refractivity (Wildman–Crippen MR) is 115 cm³/mol. The van der Waals surface area contributed by atoms with Crippen molar-refractivity contribution in [3.05, 3.63) is 71.5 Å². The average molecular weight is 413 g/mol. The molecule has 29 heavy (non-hydrogen) atoms. The summed E-state index contributed by atoms with van der Waals surface area (Å²) in [5.41, 5.74) is 3.92. The summed E-state index contributed by atoms with van der Waals surface area (Å²) in [4.78, 5) is 12.8. The summed E-state index contributed by atoms with van der Waals surface area (Å²) in [6.45, 7) is 5.66. The van der Waals surface area contributed by atoms with Crippen LogP contribution in [-0.4, -0.2) is 29.9 Å². The Morgan fingerprint density at radius 3 is 2.52 bits per heavy atom. The topological polar surface area (TPSA) is 93.1 Å². The van der Waals surface area contributed by atoms with Crippen molar-refractivity contribution in [2.45, 2.75) is 27.2 Å². The third-order valence-corrected chi connectivity index (χ3v) is 5.75. The Kier molecular flexibility index (Phi) is 6.03. The minimum atomic E-state index is -3.42. The maximum atomic E-state index is 12.8. The minimum absolute atomic E-state index is 0.0272. The highest BCUT2D eigenvalue weighted by Gasteiger charge is 2.14. The highest BCUT2D eigenvalue weighted by Crippen LogP contribution is 2.23. The smallest absolute Gasteiger partial charge is 0.255 e. The van der Waals surface area contributed by atoms with Crippen LogP contribution in [0.1, 0.15) is 35.1 Å². The van der Waals surface area contributed by atoms with Gasteiger partial charge in [-0.05, 0) is 56.7 Å². The maximum absolute atomic E-state index is 12.8. The van der Waals surface area contributed by atoms with Crippen LogP contribution < -0.4 is 10.0 Å². The molecule has 0 aliphatic rings. The van der Waals surface area contributed by atoms with Gasteiger partial charge in [-0.25, -0.2) is 13.1 Å². The number of carbonyl (C=O) groups excluding carboxylic acids is 1. The second kappa shape index (κ2) is 8.48. The number of aromatic nitrogens is 2. The van der Waals surface area contributed by atoms with Gasteiger partial charge in [0.25, 0.3) is 5.91 Å². The van der Waals surface area contributed by atoms with E-state index in [1.807, 2.05) is 38.1 Å². The SMILES string of the molecule is CCCS(=O)(=O)Nc1cccc(C(=O)Nc2ccccc2-n2nc(C)cc2C)c1. The van der Waals surface area contributed by atoms with Gasteiger partial charge >= 0.3 is 0 Å². The van der Waals surface area contributed by atoms with Crippen LogP contribution in [0, 0.1) is 13.8 Å². The monoisotopic (exact) mass is 412 g/mol. The van der Waals surface area contributed by atoms with Crippen molar-refractivity contribution in [2.24, 2.45) is 0 Å². The highest BCUT2D eigenvalue weighted by molar-refractivity contribution is 7.92. The number of sulfonamides is 1. The molecule has 0 atom stereocenters. The average Bonchev–Trinajstić information content (AvgIpc) is 3.00. The third kappa shape index (κ3) is 5.03. The van der Waals surface area contributed by atoms with Crippen LogP contribution in [0.25, 0.3) is 5.69 Å². The van der Waals surface area contributed by atoms with E-state index in [4.69, 9.17) is 0 Å². The fourth-order valence-electron chi connectivity index (χ4n) is 3.05. The summed E-state index contributed by atoms with van der Waals surface area (Å²) in [6, 6.07) is 15.8. The highest BCUT2D eigenvalue weighted by atomic mass is 32.2. The van der Waals surface area contributed by atoms with E-state index < -0.39 is 10.0 Å². The Morgan fingerprint density at radius 1 is 1.07 bits per heavy atom. The fourth-order valence-corrected chi connectivity index (χ4v) is 4.18. The molecule has 8 heteroatoms. The molecule has 2 aromatic carbocycles. The molecule has 1 amide bonds. The number of nitrogens with one attached hydrogen (secondary N) is 2. The zero-order chi connectivity index (χ0) is 21.0. The number of aryl methyl sites for hydroxylation is 2. The number of amides is 1. The second-order valence-corrected chi connectivity index (χ2v) is 8.65. The molecular formula is C21H24N4O3S. The van der Waals surface area contributed by atoms with E-state index in [1.54, 1.807) is 35.9 Å². The van der Waals surface area contributed by atoms with Crippen molar-refractivity contribution in [2.75, 3.05) is 15.8 Å². The Balaban J connectivity index is 1.85. The standard InChI is InChI=1S/C21H24N4O3S/c1-4-12-29(27,28)24-18-9-7-8-17(14-18)21(26)22-19-10-5-6-11-20(19)25-16(3)13-15(2)23-25/h5-11,13-14,24H,4,12H2,1-3H3,(H,22,26). The van der Waals surface area contributed by atoms with Crippen LogP contribution >= 0.6 is 0 Å². The van der Waals surface area contributed by atoms with E-state index in [0.717, 1.165) is 17.1 Å². The summed E-state index contributed by atoms with van der Waals surface area (Å²) in [5, 5.41) is 7.38. The van der Waals surface area contributed by atoms with Crippen LogP contribution in [0.3, 0.4) is 0 Å². The van der Waals surface area contributed by atoms with Crippen LogP contribution in [0.4, 0.5) is 11.4 Å². The van der Waals surface area contributed by atoms with Gasteiger partial charge < -0.3 is 5.32 Å². The molecule has 0 bridgehead atoms. The molecule has 152 valence electrons. The first-order valence-electron chi connectivity index (χ1n) is 9.33. The number of carbonyl (C=O) groups is 1. The molecule has 1 heterocycles. The summed E-state index contributed by atoms with van der Waals surface area (Å²) in [7, 11) is -3.42. The van der Waals surface area contributed by atoms with Gasteiger partial charge in [0, 0.05) is 16.9 Å². The number of nitrogens with zero attached hydrogens (tertiary/aromatic N) is 2. The largest absolute Gasteiger partial charge is 0.320 e. The summed E-state index contributed by atoms with van der Waals surface area (Å²) < 4.78 is 28.3. The van der Waals surface area contributed by atoms with Gasteiger partial charge in [-0.1, -0.05) is 25.1 Å². The van der Waals surface area contributed by atoms with Crippen LogP contribution in [0.2, 0.25) is 0 Å². The van der Waals surface area contributed by atoms with Gasteiger partial charge in [-0.2, -0.15) is 5.10 Å². The van der Waals surface area contributed by atoms with Gasteiger partial charge in [0.15, 0.2) is 0 Å². The van der Waals surface area contributed by atoms with Gasteiger partial charge in [0.05, 0.1) is 22.8 Å². The lowest BCUT2D eigenvalue weighted by molar-refractivity contribution is 0.102. The fraction of sp³-hybridized carbons (Fsp3) is 0.238. The van der Waals surface area contributed by atoms with E-state index in [2.05, 4.69) is 15.1 Å². The van der Waals surface area contributed by atoms with E-state index in [9.17, 15) is 13.2 Å². The van der Waals surface area contributed by atoms with Gasteiger partial charge in [-0.15, -0.1) is 0 Å². The number of hydrogen-bond acceptors (Lipinski definition) is 4. The molecule has 0 unspecified atom stereocenters. The normalized spacial score (nSPS) is 11.3. The number of anilines is 2. The zero-order valence-corrected chi connectivity index (χ0v) is 17.5. The molecule has 0 radical (unpaired) electrons. The molecule has 0 fully saturated rings. The summed E-state index contributed by atoms with van der Waals surface area (Å²) in [5.74, 6) is -0.310. The first-order chi connectivity index (χ1) is 13.8. The first-order valence-corrected chi connectivity index (χ1v) is 11.0. The molecule has 2 N–H and O–H groups in total. The number of hydrogen-bond donors (Lipinski definition) is 2. The minimum Gasteiger partial charge on any atom is -0.320 e. The number of benzene rings is 2. The van der Waals surface area contributed by atoms with Crippen molar-refractivity contribution in [1.82, 2.24) is 9.78 Å². The van der Waals surface area contributed by atoms with E-state index in [0.29, 0.717) is 23.4 Å². The molecule has 3 rings (SSSR count). The van der Waals surface area contributed by atoms with Crippen LogP contribution in [0.15, 0.2) is 54.6 Å². The van der Waals surface area contributed by atoms with Crippen molar-refractivity contribution in [3.63, 3.8) is 0 Å². The number of para-hydroxylation sites is 2. The summed E-state index contributed by atoms with van der Waals surface area (Å²) in [6.07, 6.45) is 0.513. The molecule has 0 spiro atoms. The van der Waals surface area contributed by atoms with Gasteiger partial charge in [0.2, 0.25) is 10.0 Å². The first kappa shape index (κ1) is 20.6. The van der Waals surface area contributed by atoms with Crippen molar-refractivity contribution in [3.8, 4) is 5.69 Å². The molecule has 1 aromatic heterocycles. The Bertz CT molecular complexity index is 1140. The van der Waals surface area contributed by atoms with E-state index >= 15 is 0 Å². The molecule has 0 aliphatic carbocycles. The van der Waals surface area contributed by atoms with Crippen molar-refractivity contribution in [1.29, 1.82) is 0 Å². The quantitative estimate of drug-likeness (QED) is 0.616. The molecule has 7 nitrogen and oxygen atoms in total. The van der Waals surface area contributed by atoms with Crippen LogP contribution in [0.5, 0.6) is 0 Å². The third-order valence-electron chi connectivity index (χ3n) is 4.26. The predicted octanol–water partition coefficient (Wildman–Crippen LogP) is 3.89. The van der Waals surface area contributed by atoms with Crippen molar-refractivity contribution >= 4 is 27.3 Å².